The molecule has 0 aliphatic heterocycles. The van der Waals surface area contributed by atoms with E-state index in [4.69, 9.17) is 5.11 Å². The van der Waals surface area contributed by atoms with Gasteiger partial charge in [-0.15, -0.1) is 0 Å². The Morgan fingerprint density at radius 3 is 2.55 bits per heavy atom. The zero-order chi connectivity index (χ0) is 15.1. The van der Waals surface area contributed by atoms with Crippen LogP contribution in [0.3, 0.4) is 0 Å². The minimum atomic E-state index is -3.63. The van der Waals surface area contributed by atoms with Crippen molar-refractivity contribution in [2.24, 2.45) is 0 Å². The topological polar surface area (TPSA) is 121 Å². The summed E-state index contributed by atoms with van der Waals surface area (Å²) in [6, 6.07) is 1.45. The van der Waals surface area contributed by atoms with Gasteiger partial charge in [-0.3, -0.25) is 9.29 Å². The van der Waals surface area contributed by atoms with E-state index >= 15 is 0 Å². The quantitative estimate of drug-likeness (QED) is 0.842. The molecule has 0 aliphatic carbocycles. The molecule has 9 heteroatoms. The number of carboxylic acids is 1. The molecule has 0 saturated heterocycles. The maximum Gasteiger partial charge on any atom is 0.358 e. The largest absolute Gasteiger partial charge is 0.505 e. The van der Waals surface area contributed by atoms with Gasteiger partial charge in [-0.1, -0.05) is 0 Å². The van der Waals surface area contributed by atoms with Crippen LogP contribution in [0.1, 0.15) is 10.5 Å². The molecule has 2 aromatic rings. The first kappa shape index (κ1) is 14.0. The number of anilines is 1. The molecule has 8 nitrogen and oxygen atoms in total. The number of aromatic nitrogens is 2. The fraction of sp³-hybridized carbons (Fsp3) is 0.182. The molecule has 0 fully saturated rings. The molecule has 2 heterocycles. The number of nitrogens with zero attached hydrogens (tertiary/aromatic N) is 3. The van der Waals surface area contributed by atoms with Gasteiger partial charge in [0.25, 0.3) is 0 Å². The van der Waals surface area contributed by atoms with Gasteiger partial charge in [-0.05, 0) is 6.07 Å². The highest BCUT2D eigenvalue weighted by Crippen LogP contribution is 2.33. The van der Waals surface area contributed by atoms with E-state index in [0.29, 0.717) is 0 Å². The van der Waals surface area contributed by atoms with E-state index < -0.39 is 27.4 Å². The number of sulfonamides is 1. The normalized spacial score (nSPS) is 11.5. The second kappa shape index (κ2) is 4.60. The average molecular weight is 297 g/mol. The van der Waals surface area contributed by atoms with Crippen molar-refractivity contribution in [3.8, 4) is 5.75 Å². The number of hydrogen-bond acceptors (Lipinski definition) is 6. The summed E-state index contributed by atoms with van der Waals surface area (Å²) < 4.78 is 24.1. The maximum absolute atomic E-state index is 11.6. The number of hydrogen-bond donors (Lipinski definition) is 2. The Morgan fingerprint density at radius 1 is 1.35 bits per heavy atom. The average Bonchev–Trinajstić information content (AvgIpc) is 2.37. The van der Waals surface area contributed by atoms with E-state index in [1.807, 2.05) is 0 Å². The van der Waals surface area contributed by atoms with Crippen LogP contribution in [-0.4, -0.2) is 47.9 Å². The van der Waals surface area contributed by atoms with Crippen LogP contribution in [-0.2, 0) is 10.0 Å². The minimum absolute atomic E-state index is 0.0832. The molecular weight excluding hydrogens is 286 g/mol. The molecule has 2 aromatic heterocycles. The van der Waals surface area contributed by atoms with Crippen LogP contribution in [0.2, 0.25) is 0 Å². The summed E-state index contributed by atoms with van der Waals surface area (Å²) in [6.07, 6.45) is 3.61. The van der Waals surface area contributed by atoms with Crippen molar-refractivity contribution < 1.29 is 23.4 Å². The molecule has 0 bridgehead atoms. The van der Waals surface area contributed by atoms with Crippen LogP contribution in [0.15, 0.2) is 18.5 Å². The monoisotopic (exact) mass is 297 g/mol. The Morgan fingerprint density at radius 2 is 2.00 bits per heavy atom. The Bertz CT molecular complexity index is 803. The fourth-order valence-electron chi connectivity index (χ4n) is 1.67. The first-order chi connectivity index (χ1) is 9.23. The number of carboxylic acid groups (broad SMARTS) is 1. The van der Waals surface area contributed by atoms with Crippen LogP contribution >= 0.6 is 0 Å². The van der Waals surface area contributed by atoms with E-state index in [0.717, 1.165) is 10.6 Å². The smallest absolute Gasteiger partial charge is 0.358 e. The van der Waals surface area contributed by atoms with Gasteiger partial charge >= 0.3 is 5.97 Å². The summed E-state index contributed by atoms with van der Waals surface area (Å²) >= 11 is 0. The summed E-state index contributed by atoms with van der Waals surface area (Å²) in [4.78, 5) is 18.6. The number of rotatable bonds is 3. The summed E-state index contributed by atoms with van der Waals surface area (Å²) in [7, 11) is -2.38. The van der Waals surface area contributed by atoms with Crippen molar-refractivity contribution in [1.29, 1.82) is 0 Å². The van der Waals surface area contributed by atoms with Gasteiger partial charge in [0.05, 0.1) is 6.26 Å². The van der Waals surface area contributed by atoms with Gasteiger partial charge in [0.15, 0.2) is 17.3 Å². The van der Waals surface area contributed by atoms with Gasteiger partial charge in [0.1, 0.15) is 0 Å². The molecule has 0 aliphatic rings. The third-order valence-corrected chi connectivity index (χ3v) is 3.93. The highest BCUT2D eigenvalue weighted by Gasteiger charge is 2.23. The summed E-state index contributed by atoms with van der Waals surface area (Å²) in [5.41, 5.74) is -0.629. The number of pyridine rings is 2. The van der Waals surface area contributed by atoms with E-state index in [-0.39, 0.29) is 16.6 Å². The van der Waals surface area contributed by atoms with Crippen molar-refractivity contribution in [2.45, 2.75) is 0 Å². The van der Waals surface area contributed by atoms with Crippen molar-refractivity contribution in [1.82, 2.24) is 9.97 Å². The van der Waals surface area contributed by atoms with Crippen LogP contribution in [0, 0.1) is 0 Å². The van der Waals surface area contributed by atoms with E-state index in [9.17, 15) is 18.3 Å². The van der Waals surface area contributed by atoms with Crippen LogP contribution in [0.4, 0.5) is 5.82 Å². The Balaban J connectivity index is 2.90. The molecule has 2 N–H and O–H groups in total. The molecule has 106 valence electrons. The second-order valence-electron chi connectivity index (χ2n) is 4.09. The molecule has 2 rings (SSSR count). The molecule has 0 atom stereocenters. The molecule has 0 spiro atoms. The number of fused-ring (bicyclic) bond motifs is 1. The molecular formula is C11H11N3O5S. The highest BCUT2D eigenvalue weighted by atomic mass is 32.2. The van der Waals surface area contributed by atoms with E-state index in [1.165, 1.54) is 25.5 Å². The van der Waals surface area contributed by atoms with Gasteiger partial charge in [0, 0.05) is 30.2 Å². The van der Waals surface area contributed by atoms with Gasteiger partial charge in [-0.25, -0.2) is 18.2 Å². The predicted molar refractivity (Wildman–Crippen MR) is 71.4 cm³/mol. The van der Waals surface area contributed by atoms with Crippen LogP contribution < -0.4 is 4.31 Å². The summed E-state index contributed by atoms with van der Waals surface area (Å²) in [5.74, 6) is -2.09. The predicted octanol–water partition coefficient (Wildman–Crippen LogP) is 0.429. The zero-order valence-corrected chi connectivity index (χ0v) is 11.4. The third kappa shape index (κ3) is 2.23. The van der Waals surface area contributed by atoms with Gasteiger partial charge in [-0.2, -0.15) is 0 Å². The number of carbonyl (C=O) groups is 1. The third-order valence-electron chi connectivity index (χ3n) is 2.76. The number of aromatic hydroxyl groups is 1. The lowest BCUT2D eigenvalue weighted by molar-refractivity contribution is 0.0687. The van der Waals surface area contributed by atoms with Gasteiger partial charge < -0.3 is 10.2 Å². The SMILES string of the molecule is CN(c1nc(C(=O)O)c(O)c2cnccc12)S(C)(=O)=O. The Hall–Kier alpha value is -2.42. The van der Waals surface area contributed by atoms with E-state index in [2.05, 4.69) is 9.97 Å². The fourth-order valence-corrected chi connectivity index (χ4v) is 2.12. The molecule has 0 saturated carbocycles. The van der Waals surface area contributed by atoms with Crippen molar-refractivity contribution in [3.05, 3.63) is 24.2 Å². The second-order valence-corrected chi connectivity index (χ2v) is 6.10. The summed E-state index contributed by atoms with van der Waals surface area (Å²) in [6.45, 7) is 0. The molecule has 0 amide bonds. The lowest BCUT2D eigenvalue weighted by atomic mass is 10.1. The van der Waals surface area contributed by atoms with Crippen molar-refractivity contribution >= 4 is 32.6 Å². The minimum Gasteiger partial charge on any atom is -0.505 e. The van der Waals surface area contributed by atoms with Gasteiger partial charge in [0.2, 0.25) is 10.0 Å². The van der Waals surface area contributed by atoms with Crippen molar-refractivity contribution in [3.63, 3.8) is 0 Å². The number of aromatic carboxylic acids is 1. The Labute approximate surface area is 114 Å². The maximum atomic E-state index is 11.6. The summed E-state index contributed by atoms with van der Waals surface area (Å²) in [5, 5.41) is 19.3. The molecule has 0 unspecified atom stereocenters. The first-order valence-electron chi connectivity index (χ1n) is 5.37. The Kier molecular flexibility index (Phi) is 3.22. The molecule has 0 aromatic carbocycles. The molecule has 20 heavy (non-hydrogen) atoms. The van der Waals surface area contributed by atoms with Crippen molar-refractivity contribution in [2.75, 3.05) is 17.6 Å². The lowest BCUT2D eigenvalue weighted by Crippen LogP contribution is -2.26. The lowest BCUT2D eigenvalue weighted by Gasteiger charge is -2.18. The first-order valence-corrected chi connectivity index (χ1v) is 7.22. The van der Waals surface area contributed by atoms with Crippen LogP contribution in [0.5, 0.6) is 5.75 Å². The standard InChI is InChI=1S/C11H11N3O5S/c1-14(20(2,18)19)10-6-3-4-12-5-7(6)9(15)8(13-10)11(16)17/h3-5,15H,1-2H3,(H,16,17). The van der Waals surface area contributed by atoms with Crippen LogP contribution in [0.25, 0.3) is 10.8 Å². The van der Waals surface area contributed by atoms with E-state index in [1.54, 1.807) is 0 Å². The molecule has 0 radical (unpaired) electrons. The highest BCUT2D eigenvalue weighted by molar-refractivity contribution is 7.92. The zero-order valence-electron chi connectivity index (χ0n) is 10.6.